The first kappa shape index (κ1) is 37.1. The fraction of sp³-hybridized carbons (Fsp3) is 0. The Morgan fingerprint density at radius 2 is 0.942 bits per heavy atom. The Morgan fingerprint density at radius 3 is 1.70 bits per heavy atom. The number of furan rings is 2. The minimum absolute atomic E-state index is 0.612. The van der Waals surface area contributed by atoms with E-state index in [2.05, 4.69) is 179 Å². The van der Waals surface area contributed by atoms with E-state index >= 15 is 0 Å². The zero-order valence-electron chi connectivity index (χ0n) is 36.6. The van der Waals surface area contributed by atoms with E-state index in [0.29, 0.717) is 5.82 Å². The van der Waals surface area contributed by atoms with Crippen LogP contribution in [-0.2, 0) is 0 Å². The Labute approximate surface area is 396 Å². The quantitative estimate of drug-likeness (QED) is 0.177. The van der Waals surface area contributed by atoms with Crippen LogP contribution < -0.4 is 0 Å². The van der Waals surface area contributed by atoms with E-state index in [0.717, 1.165) is 99.5 Å². The standard InChI is InChI=1S/C62H34N4O2S/c1-2-16-35(17-3-1)66-47-33-32-36(65-46-26-10-6-20-39(46)55-37-18-4-5-19-38(37)56-42-23-9-13-31-52(42)69-60(56)59(55)65)34-45(47)57-58(43-24-14-29-50-53(43)40-21-7-11-27-48(40)67-50)63-61(64-62(57)66)44-25-15-30-51-54(44)41-22-8-12-28-49(41)68-51/h1-34H. The number of para-hydroxylation sites is 4. The number of rotatable bonds is 4. The second-order valence-corrected chi connectivity index (χ2v) is 19.0. The van der Waals surface area contributed by atoms with Gasteiger partial charge < -0.3 is 13.4 Å². The van der Waals surface area contributed by atoms with Gasteiger partial charge in [0.25, 0.3) is 0 Å². The van der Waals surface area contributed by atoms with E-state index in [9.17, 15) is 0 Å². The first-order valence-corrected chi connectivity index (χ1v) is 24.1. The largest absolute Gasteiger partial charge is 0.456 e. The zero-order chi connectivity index (χ0) is 44.9. The highest BCUT2D eigenvalue weighted by atomic mass is 32.1. The Hall–Kier alpha value is -9.04. The monoisotopic (exact) mass is 898 g/mol. The van der Waals surface area contributed by atoms with Crippen molar-refractivity contribution in [2.24, 2.45) is 0 Å². The van der Waals surface area contributed by atoms with E-state index in [1.165, 1.54) is 47.2 Å². The van der Waals surface area contributed by atoms with Gasteiger partial charge >= 0.3 is 0 Å². The Morgan fingerprint density at radius 1 is 0.362 bits per heavy atom. The second-order valence-electron chi connectivity index (χ2n) is 17.9. The van der Waals surface area contributed by atoms with E-state index in [1.54, 1.807) is 0 Å². The summed E-state index contributed by atoms with van der Waals surface area (Å²) in [6, 6.07) is 73.2. The minimum atomic E-state index is 0.612. The molecule has 0 fully saturated rings. The molecule has 0 aliphatic rings. The third kappa shape index (κ3) is 5.03. The lowest BCUT2D eigenvalue weighted by atomic mass is 9.99. The Bertz CT molecular complexity index is 4860. The lowest BCUT2D eigenvalue weighted by Crippen LogP contribution is -2.00. The van der Waals surface area contributed by atoms with Gasteiger partial charge in [0.05, 0.1) is 32.3 Å². The van der Waals surface area contributed by atoms with Gasteiger partial charge in [0.2, 0.25) is 0 Å². The van der Waals surface area contributed by atoms with Crippen LogP contribution in [0, 0.1) is 0 Å². The minimum Gasteiger partial charge on any atom is -0.456 e. The van der Waals surface area contributed by atoms with Gasteiger partial charge in [-0.2, -0.15) is 0 Å². The molecular weight excluding hydrogens is 865 g/mol. The molecule has 0 saturated carbocycles. The molecule has 0 aliphatic heterocycles. The molecule has 6 aromatic heterocycles. The smallest absolute Gasteiger partial charge is 0.162 e. The molecule has 0 bridgehead atoms. The summed E-state index contributed by atoms with van der Waals surface area (Å²) in [6.45, 7) is 0. The number of thiophene rings is 1. The third-order valence-corrected chi connectivity index (χ3v) is 15.5. The average Bonchev–Trinajstić information content (AvgIpc) is 4.23. The fourth-order valence-corrected chi connectivity index (χ4v) is 12.8. The van der Waals surface area contributed by atoms with E-state index in [4.69, 9.17) is 18.8 Å². The molecule has 16 aromatic rings. The molecule has 6 nitrogen and oxygen atoms in total. The normalized spacial score (nSPS) is 12.3. The van der Waals surface area contributed by atoms with Gasteiger partial charge in [0, 0.05) is 75.7 Å². The highest BCUT2D eigenvalue weighted by Gasteiger charge is 2.27. The maximum atomic E-state index is 6.57. The maximum Gasteiger partial charge on any atom is 0.162 e. The van der Waals surface area contributed by atoms with Crippen molar-refractivity contribution < 1.29 is 8.83 Å². The van der Waals surface area contributed by atoms with Gasteiger partial charge in [-0.05, 0) is 77.5 Å². The van der Waals surface area contributed by atoms with Crippen LogP contribution in [0.2, 0.25) is 0 Å². The molecule has 0 spiro atoms. The molecule has 6 heterocycles. The van der Waals surface area contributed by atoms with Crippen LogP contribution in [0.4, 0.5) is 0 Å². The molecule has 69 heavy (non-hydrogen) atoms. The Kier molecular flexibility index (Phi) is 7.40. The van der Waals surface area contributed by atoms with Crippen LogP contribution in [0.1, 0.15) is 0 Å². The van der Waals surface area contributed by atoms with Crippen LogP contribution in [0.3, 0.4) is 0 Å². The van der Waals surface area contributed by atoms with E-state index in [-0.39, 0.29) is 0 Å². The molecule has 0 N–H and O–H groups in total. The van der Waals surface area contributed by atoms with Crippen molar-refractivity contribution in [2.75, 3.05) is 0 Å². The number of nitrogens with zero attached hydrogens (tertiary/aromatic N) is 4. The molecule has 0 saturated heterocycles. The van der Waals surface area contributed by atoms with Crippen LogP contribution in [0.15, 0.2) is 215 Å². The lowest BCUT2D eigenvalue weighted by molar-refractivity contribution is 0.668. The van der Waals surface area contributed by atoms with E-state index < -0.39 is 0 Å². The topological polar surface area (TPSA) is 61.9 Å². The van der Waals surface area contributed by atoms with Crippen molar-refractivity contribution in [2.45, 2.75) is 0 Å². The second kappa shape index (κ2) is 13.8. The number of aromatic nitrogens is 4. The predicted octanol–water partition coefficient (Wildman–Crippen LogP) is 17.3. The van der Waals surface area contributed by atoms with Crippen molar-refractivity contribution >= 4 is 130 Å². The Balaban J connectivity index is 1.09. The molecule has 0 amide bonds. The summed E-state index contributed by atoms with van der Waals surface area (Å²) in [7, 11) is 0. The molecule has 0 unspecified atom stereocenters. The van der Waals surface area contributed by atoms with Crippen molar-refractivity contribution in [3.05, 3.63) is 206 Å². The van der Waals surface area contributed by atoms with Gasteiger partial charge in [-0.15, -0.1) is 11.3 Å². The molecule has 0 aliphatic carbocycles. The van der Waals surface area contributed by atoms with Crippen molar-refractivity contribution in [1.29, 1.82) is 0 Å². The summed E-state index contributed by atoms with van der Waals surface area (Å²) >= 11 is 1.88. The number of fused-ring (bicyclic) bond motifs is 19. The molecule has 0 atom stereocenters. The van der Waals surface area contributed by atoms with Gasteiger partial charge in [0.15, 0.2) is 5.82 Å². The summed E-state index contributed by atoms with van der Waals surface area (Å²) in [5, 5.41) is 13.7. The van der Waals surface area contributed by atoms with Crippen molar-refractivity contribution in [3.63, 3.8) is 0 Å². The van der Waals surface area contributed by atoms with Gasteiger partial charge in [-0.3, -0.25) is 4.57 Å². The molecule has 7 heteroatoms. The average molecular weight is 899 g/mol. The molecule has 0 radical (unpaired) electrons. The van der Waals surface area contributed by atoms with Crippen LogP contribution in [0.5, 0.6) is 0 Å². The SMILES string of the molecule is c1ccc(-n2c3ccc(-n4c5ccccc5c5c6ccccc6c6c7ccccc7sc6c54)cc3c3c(-c4cccc5oc6ccccc6c45)nc(-c4cccc5oc6ccccc6c45)nc32)cc1. The highest BCUT2D eigenvalue weighted by Crippen LogP contribution is 2.49. The van der Waals surface area contributed by atoms with Crippen molar-refractivity contribution in [1.82, 2.24) is 19.1 Å². The summed E-state index contributed by atoms with van der Waals surface area (Å²) in [6.07, 6.45) is 0. The molecular formula is C62H34N4O2S. The first-order valence-electron chi connectivity index (χ1n) is 23.2. The lowest BCUT2D eigenvalue weighted by Gasteiger charge is -2.12. The molecule has 320 valence electrons. The number of hydrogen-bond donors (Lipinski definition) is 0. The van der Waals surface area contributed by atoms with Gasteiger partial charge in [0.1, 0.15) is 28.0 Å². The summed E-state index contributed by atoms with van der Waals surface area (Å²) < 4.78 is 20.4. The summed E-state index contributed by atoms with van der Waals surface area (Å²) in [5.41, 5.74) is 12.2. The fourth-order valence-electron chi connectivity index (χ4n) is 11.5. The summed E-state index contributed by atoms with van der Waals surface area (Å²) in [4.78, 5) is 11.4. The van der Waals surface area contributed by atoms with E-state index in [1.807, 2.05) is 47.7 Å². The zero-order valence-corrected chi connectivity index (χ0v) is 37.5. The third-order valence-electron chi connectivity index (χ3n) is 14.3. The molecule has 10 aromatic carbocycles. The van der Waals surface area contributed by atoms with Gasteiger partial charge in [-0.1, -0.05) is 140 Å². The number of benzene rings is 10. The van der Waals surface area contributed by atoms with Gasteiger partial charge in [-0.25, -0.2) is 9.97 Å². The highest BCUT2D eigenvalue weighted by molar-refractivity contribution is 7.27. The van der Waals surface area contributed by atoms with Crippen LogP contribution in [0.25, 0.3) is 153 Å². The van der Waals surface area contributed by atoms with Crippen molar-refractivity contribution in [3.8, 4) is 34.0 Å². The maximum absolute atomic E-state index is 6.57. The van der Waals surface area contributed by atoms with Crippen LogP contribution in [-0.4, -0.2) is 19.1 Å². The predicted molar refractivity (Wildman–Crippen MR) is 287 cm³/mol. The number of hydrogen-bond acceptors (Lipinski definition) is 5. The first-order chi connectivity index (χ1) is 34.2. The van der Waals surface area contributed by atoms with Crippen LogP contribution >= 0.6 is 11.3 Å². The molecule has 16 rings (SSSR count). The summed E-state index contributed by atoms with van der Waals surface area (Å²) in [5.74, 6) is 0.612.